The van der Waals surface area contributed by atoms with E-state index in [4.69, 9.17) is 16.6 Å². The first kappa shape index (κ1) is 44.4. The molecule has 21 heteroatoms. The molecule has 1 aliphatic heterocycles. The summed E-state index contributed by atoms with van der Waals surface area (Å²) in [6.07, 6.45) is -4.40. The van der Waals surface area contributed by atoms with Gasteiger partial charge in [0, 0.05) is 54.9 Å². The van der Waals surface area contributed by atoms with Crippen LogP contribution in [-0.4, -0.2) is 81.7 Å². The summed E-state index contributed by atoms with van der Waals surface area (Å²) in [5.74, 6) is -2.93. The summed E-state index contributed by atoms with van der Waals surface area (Å²) in [7, 11) is -0.330. The van der Waals surface area contributed by atoms with Gasteiger partial charge in [0.05, 0.1) is 39.5 Å². The Kier molecular flexibility index (Phi) is 11.1. The zero-order valence-corrected chi connectivity index (χ0v) is 36.0. The lowest BCUT2D eigenvalue weighted by atomic mass is 9.73. The van der Waals surface area contributed by atoms with Gasteiger partial charge in [-0.15, -0.1) is 0 Å². The van der Waals surface area contributed by atoms with Gasteiger partial charge in [0.2, 0.25) is 15.9 Å². The van der Waals surface area contributed by atoms with Gasteiger partial charge in [0.25, 0.3) is 5.92 Å². The van der Waals surface area contributed by atoms with Crippen molar-refractivity contribution in [1.82, 2.24) is 40.1 Å². The maximum atomic E-state index is 15.8. The predicted octanol–water partition coefficient (Wildman–Crippen LogP) is 6.89. The van der Waals surface area contributed by atoms with E-state index >= 15 is 8.78 Å². The minimum absolute atomic E-state index is 0.00139. The highest BCUT2D eigenvalue weighted by Crippen LogP contribution is 2.64. The molecule has 3 N–H and O–H groups in total. The molecular weight excluding hydrogens is 879 g/mol. The molecule has 1 amide bonds. The number of halogens is 8. The van der Waals surface area contributed by atoms with Crippen molar-refractivity contribution in [2.45, 2.75) is 75.3 Å². The lowest BCUT2D eigenvalue weighted by Crippen LogP contribution is -2.61. The van der Waals surface area contributed by atoms with Crippen LogP contribution in [-0.2, 0) is 46.9 Å². The van der Waals surface area contributed by atoms with Gasteiger partial charge in [-0.2, -0.15) is 32.1 Å². The molecule has 2 fully saturated rings. The Morgan fingerprint density at radius 2 is 1.70 bits per heavy atom. The van der Waals surface area contributed by atoms with Crippen molar-refractivity contribution >= 4 is 44.3 Å². The second-order valence-corrected chi connectivity index (χ2v) is 19.2. The molecule has 3 aliphatic rings. The van der Waals surface area contributed by atoms with E-state index in [0.717, 1.165) is 31.5 Å². The monoisotopic (exact) mass is 919 g/mol. The number of likely N-dealkylation sites (N-methyl/N-ethyl adjacent to an activating group) is 1. The van der Waals surface area contributed by atoms with Crippen LogP contribution in [0.15, 0.2) is 42.5 Å². The zero-order chi connectivity index (χ0) is 45.6. The number of benzene rings is 2. The number of carbonyl (C=O) groups excluding carboxylic acids is 1. The van der Waals surface area contributed by atoms with Crippen LogP contribution in [0, 0.1) is 29.4 Å². The van der Waals surface area contributed by atoms with Crippen molar-refractivity contribution < 1.29 is 43.9 Å². The topological polar surface area (TPSA) is 139 Å². The standard InChI is InChI=1S/C42H41ClF7N9O3S/c1-40(2,53-25-18-57(3)19-25)13-12-24-6-7-26(27-9-11-30(43)34-36(27)58(4)55-39(34)56-63(5,61)62)35(51-24)31(16-21-14-22(44)17-23(45)15-21)52-32(60)20-59-38-33(37(54-59)42(48,49)50)28-8-10-29(28)41(38,46)47/h6-7,9,11,14-15,17,25,28-29,31,53H,8,10,16,18-20H2,1-5H3,(H,52,60)(H,55,56)/t28-,29+,31-/m0/s1. The number of pyridine rings is 1. The number of nitrogens with one attached hydrogen (secondary N) is 3. The van der Waals surface area contributed by atoms with E-state index in [0.29, 0.717) is 21.8 Å². The molecule has 1 saturated heterocycles. The molecule has 5 aromatic rings. The number of hydrogen-bond acceptors (Lipinski definition) is 8. The van der Waals surface area contributed by atoms with Crippen LogP contribution < -0.4 is 15.4 Å². The minimum atomic E-state index is -5.08. The van der Waals surface area contributed by atoms with Gasteiger partial charge in [0.1, 0.15) is 29.6 Å². The van der Waals surface area contributed by atoms with E-state index < -0.39 is 86.6 Å². The number of rotatable bonds is 11. The Labute approximate surface area is 362 Å². The number of likely N-dealkylation sites (tertiary alicyclic amines) is 1. The molecule has 334 valence electrons. The fourth-order valence-corrected chi connectivity index (χ4v) is 9.69. The summed E-state index contributed by atoms with van der Waals surface area (Å²) in [5.41, 5.74) is -2.60. The molecule has 3 atom stereocenters. The van der Waals surface area contributed by atoms with Crippen LogP contribution in [0.4, 0.5) is 36.6 Å². The maximum Gasteiger partial charge on any atom is 0.435 e. The van der Waals surface area contributed by atoms with Crippen molar-refractivity contribution in [3.63, 3.8) is 0 Å². The third-order valence-corrected chi connectivity index (χ3v) is 12.5. The molecule has 2 aromatic carbocycles. The first-order valence-corrected chi connectivity index (χ1v) is 22.1. The Bertz CT molecular complexity index is 2830. The first-order chi connectivity index (χ1) is 29.4. The first-order valence-electron chi connectivity index (χ1n) is 19.8. The summed E-state index contributed by atoms with van der Waals surface area (Å²) in [6.45, 7) is 4.32. The highest BCUT2D eigenvalue weighted by molar-refractivity contribution is 7.92. The SMILES string of the molecule is CN1CC(NC(C)(C)C#Cc2ccc(-c3ccc(Cl)c4c(NS(C)(=O)=O)nn(C)c34)c([C@H](Cc3cc(F)cc(F)c3)NC(=O)Cn3nc(C(F)(F)F)c4c3C(F)(F)[C@@H]3CC[C@H]43)n2)C1. The van der Waals surface area contributed by atoms with Crippen molar-refractivity contribution in [2.75, 3.05) is 31.1 Å². The molecule has 0 bridgehead atoms. The van der Waals surface area contributed by atoms with Crippen LogP contribution in [0.5, 0.6) is 0 Å². The van der Waals surface area contributed by atoms with Crippen LogP contribution in [0.25, 0.3) is 22.0 Å². The van der Waals surface area contributed by atoms with Gasteiger partial charge < -0.3 is 10.2 Å². The second kappa shape index (κ2) is 15.8. The highest BCUT2D eigenvalue weighted by Gasteiger charge is 2.63. The number of aryl methyl sites for hydroxylation is 1. The molecule has 63 heavy (non-hydrogen) atoms. The van der Waals surface area contributed by atoms with E-state index in [1.165, 1.54) is 17.8 Å². The molecule has 0 radical (unpaired) electrons. The number of sulfonamides is 1. The van der Waals surface area contributed by atoms with Crippen LogP contribution >= 0.6 is 11.6 Å². The summed E-state index contributed by atoms with van der Waals surface area (Å²) in [6, 6.07) is 7.80. The predicted molar refractivity (Wildman–Crippen MR) is 220 cm³/mol. The Balaban J connectivity index is 1.27. The van der Waals surface area contributed by atoms with E-state index in [-0.39, 0.29) is 64.0 Å². The Morgan fingerprint density at radius 1 is 1.02 bits per heavy atom. The third kappa shape index (κ3) is 8.72. The molecule has 3 aromatic heterocycles. The molecule has 0 spiro atoms. The van der Waals surface area contributed by atoms with Crippen molar-refractivity contribution in [3.05, 3.63) is 93.0 Å². The fraction of sp³-hybridized carbons (Fsp3) is 0.429. The van der Waals surface area contributed by atoms with Gasteiger partial charge in [-0.1, -0.05) is 23.6 Å². The van der Waals surface area contributed by atoms with Crippen LogP contribution in [0.1, 0.15) is 72.6 Å². The number of anilines is 1. The molecule has 12 nitrogen and oxygen atoms in total. The van der Waals surface area contributed by atoms with Gasteiger partial charge in [-0.05, 0) is 87.9 Å². The average Bonchev–Trinajstić information content (AvgIpc) is 3.70. The molecule has 0 unspecified atom stereocenters. The number of hydrogen-bond donors (Lipinski definition) is 3. The van der Waals surface area contributed by atoms with Crippen molar-refractivity contribution in [3.8, 4) is 23.0 Å². The van der Waals surface area contributed by atoms with E-state index in [9.17, 15) is 35.2 Å². The number of aromatic nitrogens is 5. The summed E-state index contributed by atoms with van der Waals surface area (Å²) in [5, 5.41) is 14.4. The summed E-state index contributed by atoms with van der Waals surface area (Å²) < 4.78 is 133. The van der Waals surface area contributed by atoms with Gasteiger partial charge in [0.15, 0.2) is 11.5 Å². The molecule has 8 rings (SSSR count). The third-order valence-electron chi connectivity index (χ3n) is 11.6. The molecule has 1 saturated carbocycles. The number of nitrogens with zero attached hydrogens (tertiary/aromatic N) is 6. The number of carbonyl (C=O) groups is 1. The number of amides is 1. The van der Waals surface area contributed by atoms with Gasteiger partial charge in [-0.3, -0.25) is 24.2 Å². The minimum Gasteiger partial charge on any atom is -0.346 e. The van der Waals surface area contributed by atoms with Crippen molar-refractivity contribution in [2.24, 2.45) is 13.0 Å². The van der Waals surface area contributed by atoms with E-state index in [1.54, 1.807) is 18.2 Å². The quantitative estimate of drug-likeness (QED) is 0.0963. The van der Waals surface area contributed by atoms with Gasteiger partial charge in [-0.25, -0.2) is 22.2 Å². The lowest BCUT2D eigenvalue weighted by Gasteiger charge is -2.40. The molecule has 4 heterocycles. The average molecular weight is 920 g/mol. The summed E-state index contributed by atoms with van der Waals surface area (Å²) >= 11 is 6.64. The van der Waals surface area contributed by atoms with Crippen molar-refractivity contribution in [1.29, 1.82) is 0 Å². The lowest BCUT2D eigenvalue weighted by molar-refractivity contribution is -0.144. The maximum absolute atomic E-state index is 15.8. The highest BCUT2D eigenvalue weighted by atomic mass is 35.5. The summed E-state index contributed by atoms with van der Waals surface area (Å²) in [4.78, 5) is 21.2. The normalized spacial score (nSPS) is 19.1. The number of fused-ring (bicyclic) bond motifs is 4. The molecule has 2 aliphatic carbocycles. The fourth-order valence-electron chi connectivity index (χ4n) is 8.95. The largest absolute Gasteiger partial charge is 0.435 e. The second-order valence-electron chi connectivity index (χ2n) is 17.0. The van der Waals surface area contributed by atoms with Crippen LogP contribution in [0.3, 0.4) is 0 Å². The van der Waals surface area contributed by atoms with E-state index in [1.807, 2.05) is 20.9 Å². The van der Waals surface area contributed by atoms with E-state index in [2.05, 4.69) is 42.3 Å². The van der Waals surface area contributed by atoms with Gasteiger partial charge >= 0.3 is 6.18 Å². The van der Waals surface area contributed by atoms with Crippen LogP contribution in [0.2, 0.25) is 5.02 Å². The number of alkyl halides is 5. The Hall–Kier alpha value is -5.23. The Morgan fingerprint density at radius 3 is 2.32 bits per heavy atom. The zero-order valence-electron chi connectivity index (χ0n) is 34.4. The molecular formula is C42H41ClF7N9O3S. The smallest absolute Gasteiger partial charge is 0.346 e.